The lowest BCUT2D eigenvalue weighted by atomic mass is 9.69. The molecule has 7 nitrogen and oxygen atoms in total. The number of hydrogen-bond donors (Lipinski definition) is 1. The van der Waals surface area contributed by atoms with Gasteiger partial charge in [0.25, 0.3) is 5.91 Å². The van der Waals surface area contributed by atoms with E-state index in [4.69, 9.17) is 11.6 Å². The molecule has 9 heteroatoms. The van der Waals surface area contributed by atoms with Crippen molar-refractivity contribution in [2.75, 3.05) is 18.4 Å². The fourth-order valence-corrected chi connectivity index (χ4v) is 3.91. The summed E-state index contributed by atoms with van der Waals surface area (Å²) in [5.74, 6) is 1.09. The molecule has 22 heavy (non-hydrogen) atoms. The van der Waals surface area contributed by atoms with Crippen molar-refractivity contribution in [3.63, 3.8) is 0 Å². The number of nitrogens with one attached hydrogen (secondary N) is 1. The Morgan fingerprint density at radius 3 is 3.05 bits per heavy atom. The van der Waals surface area contributed by atoms with Gasteiger partial charge in [-0.05, 0) is 24.4 Å². The summed E-state index contributed by atoms with van der Waals surface area (Å²) in [6, 6.07) is 0. The Labute approximate surface area is 135 Å². The fourth-order valence-electron chi connectivity index (χ4n) is 3.28. The molecule has 0 radical (unpaired) electrons. The van der Waals surface area contributed by atoms with Crippen LogP contribution in [0.5, 0.6) is 0 Å². The highest BCUT2D eigenvalue weighted by molar-refractivity contribution is 7.07. The number of halogens is 1. The number of likely N-dealkylation sites (tertiary alicyclic amines) is 1. The molecule has 0 aromatic carbocycles. The van der Waals surface area contributed by atoms with Crippen LogP contribution in [0.4, 0.5) is 5.82 Å². The predicted molar refractivity (Wildman–Crippen MR) is 81.9 cm³/mol. The molecule has 2 fully saturated rings. The van der Waals surface area contributed by atoms with Gasteiger partial charge in [-0.25, -0.2) is 4.98 Å². The molecule has 1 N–H and O–H groups in total. The molecule has 4 rings (SSSR count). The molecule has 2 unspecified atom stereocenters. The zero-order chi connectivity index (χ0) is 15.2. The van der Waals surface area contributed by atoms with Crippen molar-refractivity contribution < 1.29 is 4.79 Å². The van der Waals surface area contributed by atoms with E-state index >= 15 is 0 Å². The summed E-state index contributed by atoms with van der Waals surface area (Å²) in [5.41, 5.74) is -0.118. The van der Waals surface area contributed by atoms with E-state index in [1.54, 1.807) is 6.20 Å². The number of aromatic nitrogens is 4. The number of carbonyl (C=O) groups is 1. The molecular formula is C13H13ClN6OS. The zero-order valence-corrected chi connectivity index (χ0v) is 13.1. The van der Waals surface area contributed by atoms with Crippen molar-refractivity contribution >= 4 is 34.9 Å². The molecule has 1 amide bonds. The largest absolute Gasteiger partial charge is 0.361 e. The van der Waals surface area contributed by atoms with Gasteiger partial charge >= 0.3 is 0 Å². The van der Waals surface area contributed by atoms with Crippen LogP contribution in [0.1, 0.15) is 22.5 Å². The summed E-state index contributed by atoms with van der Waals surface area (Å²) in [6.45, 7) is 1.40. The average molecular weight is 337 g/mol. The quantitative estimate of drug-likeness (QED) is 0.918. The normalized spacial score (nSPS) is 26.4. The van der Waals surface area contributed by atoms with E-state index in [0.717, 1.165) is 30.9 Å². The lowest BCUT2D eigenvalue weighted by molar-refractivity contribution is 0.0791. The van der Waals surface area contributed by atoms with Crippen LogP contribution in [-0.2, 0) is 0 Å². The number of anilines is 1. The van der Waals surface area contributed by atoms with Gasteiger partial charge in [0.2, 0.25) is 0 Å². The number of amides is 1. The number of rotatable bonds is 3. The van der Waals surface area contributed by atoms with Crippen LogP contribution < -0.4 is 5.32 Å². The van der Waals surface area contributed by atoms with Gasteiger partial charge in [0, 0.05) is 19.0 Å². The van der Waals surface area contributed by atoms with Gasteiger partial charge < -0.3 is 10.2 Å². The molecule has 1 aliphatic carbocycles. The first-order chi connectivity index (χ1) is 10.7. The van der Waals surface area contributed by atoms with E-state index in [2.05, 4.69) is 24.9 Å². The van der Waals surface area contributed by atoms with E-state index in [1.165, 1.54) is 12.4 Å². The van der Waals surface area contributed by atoms with Crippen LogP contribution in [0.2, 0.25) is 5.15 Å². The number of carbonyl (C=O) groups excluding carboxylic acids is 1. The molecule has 0 bridgehead atoms. The van der Waals surface area contributed by atoms with E-state index in [0.29, 0.717) is 28.3 Å². The smallest absolute Gasteiger partial charge is 0.267 e. The van der Waals surface area contributed by atoms with Crippen LogP contribution in [0, 0.1) is 5.92 Å². The molecule has 114 valence electrons. The Balaban J connectivity index is 1.52. The highest BCUT2D eigenvalue weighted by atomic mass is 35.5. The maximum atomic E-state index is 12.5. The highest BCUT2D eigenvalue weighted by Gasteiger charge is 2.54. The first-order valence-corrected chi connectivity index (χ1v) is 8.14. The van der Waals surface area contributed by atoms with Crippen molar-refractivity contribution in [1.29, 1.82) is 0 Å². The summed E-state index contributed by atoms with van der Waals surface area (Å²) in [5, 5.41) is 7.54. The van der Waals surface area contributed by atoms with E-state index < -0.39 is 0 Å². The third kappa shape index (κ3) is 2.22. The minimum Gasteiger partial charge on any atom is -0.361 e. The van der Waals surface area contributed by atoms with Gasteiger partial charge in [-0.2, -0.15) is 0 Å². The van der Waals surface area contributed by atoms with E-state index in [1.807, 2.05) is 4.90 Å². The predicted octanol–water partition coefficient (Wildman–Crippen LogP) is 1.70. The molecule has 1 saturated heterocycles. The second-order valence-corrected chi connectivity index (χ2v) is 6.88. The van der Waals surface area contributed by atoms with Crippen LogP contribution in [-0.4, -0.2) is 49.0 Å². The average Bonchev–Trinajstić information content (AvgIpc) is 3.09. The van der Waals surface area contributed by atoms with Gasteiger partial charge in [-0.15, -0.1) is 5.10 Å². The minimum absolute atomic E-state index is 0.00255. The second-order valence-electron chi connectivity index (χ2n) is 5.71. The summed E-state index contributed by atoms with van der Waals surface area (Å²) in [7, 11) is 0. The Hall–Kier alpha value is -1.80. The first-order valence-electron chi connectivity index (χ1n) is 6.99. The van der Waals surface area contributed by atoms with Gasteiger partial charge in [-0.1, -0.05) is 16.1 Å². The lowest BCUT2D eigenvalue weighted by Gasteiger charge is -2.44. The van der Waals surface area contributed by atoms with E-state index in [9.17, 15) is 4.79 Å². The topological polar surface area (TPSA) is 83.9 Å². The monoisotopic (exact) mass is 336 g/mol. The summed E-state index contributed by atoms with van der Waals surface area (Å²) in [4.78, 5) is 23.2. The van der Waals surface area contributed by atoms with Crippen LogP contribution in [0.15, 0.2) is 18.6 Å². The van der Waals surface area contributed by atoms with Crippen LogP contribution >= 0.6 is 23.1 Å². The Morgan fingerprint density at radius 2 is 2.36 bits per heavy atom. The molecule has 3 heterocycles. The Kier molecular flexibility index (Phi) is 3.23. The number of nitrogens with zero attached hydrogens (tertiary/aromatic N) is 5. The maximum Gasteiger partial charge on any atom is 0.267 e. The summed E-state index contributed by atoms with van der Waals surface area (Å²) < 4.78 is 3.76. The Bertz CT molecular complexity index is 710. The molecular weight excluding hydrogens is 324 g/mol. The van der Waals surface area contributed by atoms with E-state index in [-0.39, 0.29) is 11.4 Å². The van der Waals surface area contributed by atoms with Crippen molar-refractivity contribution in [3.05, 3.63) is 28.6 Å². The molecule has 2 atom stereocenters. The lowest BCUT2D eigenvalue weighted by Crippen LogP contribution is -2.53. The van der Waals surface area contributed by atoms with Gasteiger partial charge in [0.05, 0.1) is 24.1 Å². The summed E-state index contributed by atoms with van der Waals surface area (Å²) in [6.07, 6.45) is 6.80. The molecule has 0 spiro atoms. The van der Waals surface area contributed by atoms with Gasteiger partial charge in [0.15, 0.2) is 0 Å². The zero-order valence-electron chi connectivity index (χ0n) is 11.6. The van der Waals surface area contributed by atoms with Crippen molar-refractivity contribution in [2.24, 2.45) is 5.92 Å². The van der Waals surface area contributed by atoms with Crippen molar-refractivity contribution in [1.82, 2.24) is 24.5 Å². The maximum absolute atomic E-state index is 12.5. The molecule has 1 aliphatic heterocycles. The fraction of sp³-hybridized carbons (Fsp3) is 0.462. The Morgan fingerprint density at radius 1 is 1.45 bits per heavy atom. The first kappa shape index (κ1) is 13.8. The van der Waals surface area contributed by atoms with Crippen LogP contribution in [0.3, 0.4) is 0 Å². The molecule has 2 aromatic rings. The van der Waals surface area contributed by atoms with Gasteiger partial charge in [0.1, 0.15) is 15.8 Å². The third-order valence-electron chi connectivity index (χ3n) is 4.48. The van der Waals surface area contributed by atoms with Crippen LogP contribution in [0.25, 0.3) is 0 Å². The molecule has 2 aliphatic rings. The summed E-state index contributed by atoms with van der Waals surface area (Å²) >= 11 is 7.02. The minimum atomic E-state index is -0.118. The molecule has 2 aromatic heterocycles. The number of fused-ring (bicyclic) bond motifs is 1. The van der Waals surface area contributed by atoms with Crippen molar-refractivity contribution in [2.45, 2.75) is 18.4 Å². The number of hydrogen-bond acceptors (Lipinski definition) is 7. The highest BCUT2D eigenvalue weighted by Crippen LogP contribution is 2.46. The van der Waals surface area contributed by atoms with Gasteiger partial charge in [-0.3, -0.25) is 9.78 Å². The van der Waals surface area contributed by atoms with Crippen molar-refractivity contribution in [3.8, 4) is 0 Å². The second kappa shape index (κ2) is 5.13. The standard InChI is InChI=1S/C13H13ClN6OS/c14-10-4-15-5-11(17-10)18-13-2-1-8(13)6-20(7-13)12(21)9-3-16-19-22-9/h3-5,8H,1-2,6-7H2,(H,17,18). The third-order valence-corrected chi connectivity index (χ3v) is 5.31. The molecule has 1 saturated carbocycles. The SMILES string of the molecule is O=C(c1cnns1)N1CC2CCC2(Nc2cncc(Cl)n2)C1.